The van der Waals surface area contributed by atoms with Crippen LogP contribution in [-0.2, 0) is 6.42 Å². The van der Waals surface area contributed by atoms with Gasteiger partial charge in [-0.2, -0.15) is 5.10 Å². The van der Waals surface area contributed by atoms with Crippen LogP contribution >= 0.6 is 15.9 Å². The quantitative estimate of drug-likeness (QED) is 0.577. The van der Waals surface area contributed by atoms with Crippen LogP contribution in [0.2, 0.25) is 0 Å². The van der Waals surface area contributed by atoms with Crippen molar-refractivity contribution >= 4 is 27.5 Å². The minimum atomic E-state index is -0.320. The molecule has 0 N–H and O–H groups in total. The van der Waals surface area contributed by atoms with E-state index in [2.05, 4.69) is 21.0 Å². The van der Waals surface area contributed by atoms with E-state index in [1.165, 1.54) is 12.1 Å². The molecule has 2 heterocycles. The molecule has 1 aliphatic heterocycles. The van der Waals surface area contributed by atoms with Crippen LogP contribution < -0.4 is 4.90 Å². The lowest BCUT2D eigenvalue weighted by Gasteiger charge is -2.29. The monoisotopic (exact) mass is 427 g/mol. The Morgan fingerprint density at radius 3 is 2.56 bits per heavy atom. The minimum absolute atomic E-state index is 0.109. The molecule has 3 aromatic rings. The first-order valence-corrected chi connectivity index (χ1v) is 9.67. The van der Waals surface area contributed by atoms with Gasteiger partial charge in [0.2, 0.25) is 0 Å². The molecule has 0 radical (unpaired) electrons. The Morgan fingerprint density at radius 2 is 1.89 bits per heavy atom. The fourth-order valence-electron chi connectivity index (χ4n) is 3.53. The van der Waals surface area contributed by atoms with E-state index in [-0.39, 0.29) is 11.7 Å². The molecule has 2 aromatic carbocycles. The van der Waals surface area contributed by atoms with Gasteiger partial charge in [-0.3, -0.25) is 4.79 Å². The Balaban J connectivity index is 1.64. The Hall–Kier alpha value is -2.47. The van der Waals surface area contributed by atoms with Crippen molar-refractivity contribution in [2.24, 2.45) is 0 Å². The summed E-state index contributed by atoms with van der Waals surface area (Å²) in [4.78, 5) is 14.7. The van der Waals surface area contributed by atoms with Crippen LogP contribution in [0.5, 0.6) is 0 Å². The first-order valence-electron chi connectivity index (χ1n) is 8.88. The van der Waals surface area contributed by atoms with E-state index in [4.69, 9.17) is 0 Å². The van der Waals surface area contributed by atoms with Crippen molar-refractivity contribution in [3.05, 3.63) is 75.3 Å². The molecular formula is C21H19BrFN3O. The topological polar surface area (TPSA) is 38.1 Å². The second kappa shape index (κ2) is 6.93. The lowest BCUT2D eigenvalue weighted by molar-refractivity contribution is 0.0985. The SMILES string of the molecule is Cc1nn(-c2ccc(C(=O)N3CCCc4ccc(F)cc43)cc2)c(C)c1Br. The van der Waals surface area contributed by atoms with Crippen LogP contribution in [-0.4, -0.2) is 22.2 Å². The summed E-state index contributed by atoms with van der Waals surface area (Å²) in [5.74, 6) is -0.429. The zero-order chi connectivity index (χ0) is 19.1. The number of aryl methyl sites for hydroxylation is 2. The van der Waals surface area contributed by atoms with Gasteiger partial charge in [0, 0.05) is 12.1 Å². The smallest absolute Gasteiger partial charge is 0.258 e. The number of aromatic nitrogens is 2. The van der Waals surface area contributed by atoms with Crippen molar-refractivity contribution in [2.75, 3.05) is 11.4 Å². The molecule has 0 unspecified atom stereocenters. The zero-order valence-corrected chi connectivity index (χ0v) is 16.8. The molecule has 138 valence electrons. The maximum atomic E-state index is 13.7. The second-order valence-corrected chi connectivity index (χ2v) is 7.57. The molecule has 4 rings (SSSR count). The number of hydrogen-bond donors (Lipinski definition) is 0. The highest BCUT2D eigenvalue weighted by atomic mass is 79.9. The summed E-state index contributed by atoms with van der Waals surface area (Å²) in [5.41, 5.74) is 5.09. The van der Waals surface area contributed by atoms with Crippen LogP contribution in [0.4, 0.5) is 10.1 Å². The number of halogens is 2. The Morgan fingerprint density at radius 1 is 1.15 bits per heavy atom. The summed E-state index contributed by atoms with van der Waals surface area (Å²) in [7, 11) is 0. The molecule has 0 fully saturated rings. The van der Waals surface area contributed by atoms with Crippen LogP contribution in [0.15, 0.2) is 46.9 Å². The van der Waals surface area contributed by atoms with E-state index in [1.807, 2.05) is 30.7 Å². The molecule has 0 aliphatic carbocycles. The van der Waals surface area contributed by atoms with Crippen molar-refractivity contribution in [2.45, 2.75) is 26.7 Å². The number of anilines is 1. The average Bonchev–Trinajstić information content (AvgIpc) is 2.94. The summed E-state index contributed by atoms with van der Waals surface area (Å²) in [6.45, 7) is 4.53. The molecule has 0 saturated heterocycles. The molecule has 1 aliphatic rings. The number of nitrogens with zero attached hydrogens (tertiary/aromatic N) is 3. The fraction of sp³-hybridized carbons (Fsp3) is 0.238. The highest BCUT2D eigenvalue weighted by Gasteiger charge is 2.24. The molecule has 1 amide bonds. The van der Waals surface area contributed by atoms with Crippen molar-refractivity contribution in [3.8, 4) is 5.69 Å². The number of carbonyl (C=O) groups is 1. The average molecular weight is 428 g/mol. The van der Waals surface area contributed by atoms with Gasteiger partial charge < -0.3 is 4.90 Å². The highest BCUT2D eigenvalue weighted by molar-refractivity contribution is 9.10. The lowest BCUT2D eigenvalue weighted by atomic mass is 10.0. The van der Waals surface area contributed by atoms with Gasteiger partial charge in [-0.05, 0) is 84.6 Å². The molecule has 0 spiro atoms. The third-order valence-corrected chi connectivity index (χ3v) is 6.12. The summed E-state index contributed by atoms with van der Waals surface area (Å²) in [6.07, 6.45) is 1.74. The third-order valence-electron chi connectivity index (χ3n) is 4.97. The summed E-state index contributed by atoms with van der Waals surface area (Å²) >= 11 is 3.53. The van der Waals surface area contributed by atoms with Crippen LogP contribution in [0.25, 0.3) is 5.69 Å². The molecule has 0 atom stereocenters. The predicted molar refractivity (Wildman–Crippen MR) is 107 cm³/mol. The maximum Gasteiger partial charge on any atom is 0.258 e. The summed E-state index contributed by atoms with van der Waals surface area (Å²) in [6, 6.07) is 12.0. The molecular weight excluding hydrogens is 409 g/mol. The van der Waals surface area contributed by atoms with Gasteiger partial charge in [-0.25, -0.2) is 9.07 Å². The highest BCUT2D eigenvalue weighted by Crippen LogP contribution is 2.29. The summed E-state index contributed by atoms with van der Waals surface area (Å²) < 4.78 is 16.5. The zero-order valence-electron chi connectivity index (χ0n) is 15.2. The first kappa shape index (κ1) is 17.9. The van der Waals surface area contributed by atoms with Crippen LogP contribution in [0.1, 0.15) is 33.7 Å². The van der Waals surface area contributed by atoms with E-state index in [0.717, 1.165) is 40.0 Å². The molecule has 6 heteroatoms. The van der Waals surface area contributed by atoms with Crippen molar-refractivity contribution in [1.29, 1.82) is 0 Å². The van der Waals surface area contributed by atoms with Gasteiger partial charge in [0.25, 0.3) is 5.91 Å². The van der Waals surface area contributed by atoms with Crippen molar-refractivity contribution in [1.82, 2.24) is 9.78 Å². The Bertz CT molecular complexity index is 1030. The van der Waals surface area contributed by atoms with Gasteiger partial charge >= 0.3 is 0 Å². The van der Waals surface area contributed by atoms with Gasteiger partial charge in [0.1, 0.15) is 5.82 Å². The molecule has 0 bridgehead atoms. The number of fused-ring (bicyclic) bond motifs is 1. The van der Waals surface area contributed by atoms with E-state index in [1.54, 1.807) is 23.1 Å². The largest absolute Gasteiger partial charge is 0.308 e. The van der Waals surface area contributed by atoms with Gasteiger partial charge in [-0.1, -0.05) is 6.07 Å². The first-order chi connectivity index (χ1) is 13.0. The normalized spacial score (nSPS) is 13.6. The van der Waals surface area contributed by atoms with Gasteiger partial charge in [0.05, 0.1) is 27.2 Å². The van der Waals surface area contributed by atoms with E-state index in [9.17, 15) is 9.18 Å². The van der Waals surface area contributed by atoms with Crippen LogP contribution in [0.3, 0.4) is 0 Å². The number of rotatable bonds is 2. The third kappa shape index (κ3) is 3.18. The fourth-order valence-corrected chi connectivity index (χ4v) is 3.78. The second-order valence-electron chi connectivity index (χ2n) is 6.78. The standard InChI is InChI=1S/C21H19BrFN3O/c1-13-20(22)14(2)26(24-13)18-9-6-16(7-10-18)21(27)25-11-3-4-15-5-8-17(23)12-19(15)25/h5-10,12H,3-4,11H2,1-2H3. The minimum Gasteiger partial charge on any atom is -0.308 e. The van der Waals surface area contributed by atoms with Crippen molar-refractivity contribution in [3.63, 3.8) is 0 Å². The Labute approximate surface area is 165 Å². The van der Waals surface area contributed by atoms with Crippen molar-refractivity contribution < 1.29 is 9.18 Å². The number of carbonyl (C=O) groups excluding carboxylic acids is 1. The van der Waals surface area contributed by atoms with Gasteiger partial charge in [-0.15, -0.1) is 0 Å². The number of hydrogen-bond acceptors (Lipinski definition) is 2. The van der Waals surface area contributed by atoms with E-state index >= 15 is 0 Å². The molecule has 1 aromatic heterocycles. The maximum absolute atomic E-state index is 13.7. The van der Waals surface area contributed by atoms with Crippen LogP contribution in [0, 0.1) is 19.7 Å². The van der Waals surface area contributed by atoms with E-state index in [0.29, 0.717) is 17.8 Å². The number of benzene rings is 2. The lowest BCUT2D eigenvalue weighted by Crippen LogP contribution is -2.35. The van der Waals surface area contributed by atoms with E-state index < -0.39 is 0 Å². The van der Waals surface area contributed by atoms with Gasteiger partial charge in [0.15, 0.2) is 0 Å². The molecule has 27 heavy (non-hydrogen) atoms. The predicted octanol–water partition coefficient (Wildman–Crippen LogP) is 4.98. The summed E-state index contributed by atoms with van der Waals surface area (Å²) in [5, 5.41) is 4.52. The number of amides is 1. The molecule has 4 nitrogen and oxygen atoms in total. The molecule has 0 saturated carbocycles. The Kier molecular flexibility index (Phi) is 4.60.